The van der Waals surface area contributed by atoms with E-state index >= 15 is 0 Å². The highest BCUT2D eigenvalue weighted by Gasteiger charge is 2.31. The summed E-state index contributed by atoms with van der Waals surface area (Å²) in [5.41, 5.74) is 7.63. The average Bonchev–Trinajstić information content (AvgIpc) is 3.06. The number of thiazole rings is 1. The minimum Gasteiger partial charge on any atom is -0.330 e. The summed E-state index contributed by atoms with van der Waals surface area (Å²) in [5.74, 6) is 0.390. The maximum absolute atomic E-state index is 11.9. The van der Waals surface area contributed by atoms with Crippen LogP contribution in [0.1, 0.15) is 6.42 Å². The fraction of sp³-hybridized carbons (Fsp3) is 0.286. The Labute approximate surface area is 115 Å². The van der Waals surface area contributed by atoms with Gasteiger partial charge in [0.15, 0.2) is 5.13 Å². The van der Waals surface area contributed by atoms with Crippen LogP contribution >= 0.6 is 11.3 Å². The molecule has 1 fully saturated rings. The van der Waals surface area contributed by atoms with Gasteiger partial charge in [-0.1, -0.05) is 30.3 Å². The molecule has 0 spiro atoms. The topological polar surface area (TPSA) is 59.2 Å². The van der Waals surface area contributed by atoms with Crippen LogP contribution in [0.4, 0.5) is 5.13 Å². The highest BCUT2D eigenvalue weighted by atomic mass is 32.1. The smallest absolute Gasteiger partial charge is 0.229 e. The second-order valence-corrected chi connectivity index (χ2v) is 5.53. The lowest BCUT2D eigenvalue weighted by Crippen LogP contribution is -2.25. The average molecular weight is 273 g/mol. The molecular weight excluding hydrogens is 258 g/mol. The molecule has 5 heteroatoms. The normalized spacial score (nSPS) is 19.1. The minimum absolute atomic E-state index is 0.129. The fourth-order valence-corrected chi connectivity index (χ4v) is 3.11. The third-order valence-electron chi connectivity index (χ3n) is 3.33. The molecule has 1 aliphatic heterocycles. The Balaban J connectivity index is 1.84. The Kier molecular flexibility index (Phi) is 3.31. The number of aromatic nitrogens is 1. The molecule has 3 rings (SSSR count). The lowest BCUT2D eigenvalue weighted by Gasteiger charge is -2.11. The number of rotatable bonds is 3. The van der Waals surface area contributed by atoms with Crippen LogP contribution in [-0.4, -0.2) is 24.0 Å². The van der Waals surface area contributed by atoms with Crippen molar-refractivity contribution in [2.24, 2.45) is 11.7 Å². The molecular formula is C14H15N3OS. The van der Waals surface area contributed by atoms with E-state index in [1.165, 1.54) is 11.3 Å². The minimum atomic E-state index is 0.129. The van der Waals surface area contributed by atoms with Gasteiger partial charge in [-0.15, -0.1) is 11.3 Å². The van der Waals surface area contributed by atoms with Crippen LogP contribution in [0.3, 0.4) is 0 Å². The van der Waals surface area contributed by atoms with Gasteiger partial charge in [0.2, 0.25) is 5.91 Å². The van der Waals surface area contributed by atoms with Crippen molar-refractivity contribution in [3.05, 3.63) is 35.7 Å². The van der Waals surface area contributed by atoms with Crippen molar-refractivity contribution in [3.8, 4) is 11.3 Å². The molecule has 0 aliphatic carbocycles. The zero-order valence-corrected chi connectivity index (χ0v) is 11.3. The van der Waals surface area contributed by atoms with Crippen LogP contribution < -0.4 is 10.6 Å². The van der Waals surface area contributed by atoms with Gasteiger partial charge < -0.3 is 5.73 Å². The molecule has 2 N–H and O–H groups in total. The van der Waals surface area contributed by atoms with Crippen molar-refractivity contribution in [2.45, 2.75) is 6.42 Å². The van der Waals surface area contributed by atoms with E-state index in [0.29, 0.717) is 19.5 Å². The molecule has 2 aromatic rings. The number of anilines is 1. The Morgan fingerprint density at radius 1 is 1.37 bits per heavy atom. The lowest BCUT2D eigenvalue weighted by molar-refractivity contribution is -0.117. The van der Waals surface area contributed by atoms with E-state index in [1.807, 2.05) is 35.7 Å². The maximum atomic E-state index is 11.9. The summed E-state index contributed by atoms with van der Waals surface area (Å²) >= 11 is 1.51. The molecule has 1 aromatic heterocycles. The van der Waals surface area contributed by atoms with Crippen LogP contribution in [0.5, 0.6) is 0 Å². The van der Waals surface area contributed by atoms with E-state index in [9.17, 15) is 4.79 Å². The first-order valence-electron chi connectivity index (χ1n) is 6.29. The number of carbonyl (C=O) groups excluding carboxylic acids is 1. The van der Waals surface area contributed by atoms with Gasteiger partial charge in [0, 0.05) is 23.9 Å². The van der Waals surface area contributed by atoms with Gasteiger partial charge in [-0.25, -0.2) is 4.98 Å². The van der Waals surface area contributed by atoms with Crippen molar-refractivity contribution in [1.29, 1.82) is 0 Å². The number of carbonyl (C=O) groups is 1. The first-order valence-corrected chi connectivity index (χ1v) is 7.17. The molecule has 1 atom stereocenters. The number of hydrogen-bond donors (Lipinski definition) is 1. The predicted octanol–water partition coefficient (Wildman–Crippen LogP) is 2.12. The van der Waals surface area contributed by atoms with Crippen LogP contribution in [0.2, 0.25) is 0 Å². The zero-order valence-electron chi connectivity index (χ0n) is 10.5. The molecule has 0 radical (unpaired) electrons. The first-order chi connectivity index (χ1) is 9.28. The molecule has 1 unspecified atom stereocenters. The van der Waals surface area contributed by atoms with Crippen molar-refractivity contribution in [2.75, 3.05) is 18.0 Å². The zero-order chi connectivity index (χ0) is 13.2. The number of amides is 1. The van der Waals surface area contributed by atoms with Gasteiger partial charge in [-0.3, -0.25) is 9.69 Å². The number of benzene rings is 1. The fourth-order valence-electron chi connectivity index (χ4n) is 2.25. The summed E-state index contributed by atoms with van der Waals surface area (Å²) in [4.78, 5) is 18.2. The molecule has 98 valence electrons. The summed E-state index contributed by atoms with van der Waals surface area (Å²) in [6.07, 6.45) is 0.538. The van der Waals surface area contributed by atoms with E-state index in [0.717, 1.165) is 16.4 Å². The third kappa shape index (κ3) is 2.39. The van der Waals surface area contributed by atoms with E-state index in [-0.39, 0.29) is 11.8 Å². The third-order valence-corrected chi connectivity index (χ3v) is 4.19. The molecule has 0 saturated carbocycles. The van der Waals surface area contributed by atoms with E-state index in [4.69, 9.17) is 5.73 Å². The van der Waals surface area contributed by atoms with Crippen LogP contribution in [-0.2, 0) is 4.79 Å². The van der Waals surface area contributed by atoms with Crippen molar-refractivity contribution in [3.63, 3.8) is 0 Å². The summed E-state index contributed by atoms with van der Waals surface area (Å²) in [6.45, 7) is 1.25. The Morgan fingerprint density at radius 2 is 2.16 bits per heavy atom. The van der Waals surface area contributed by atoms with Crippen molar-refractivity contribution >= 4 is 22.4 Å². The van der Waals surface area contributed by atoms with Gasteiger partial charge in [-0.05, 0) is 12.5 Å². The Bertz CT molecular complexity index is 581. The van der Waals surface area contributed by atoms with E-state index in [2.05, 4.69) is 4.98 Å². The summed E-state index contributed by atoms with van der Waals surface area (Å²) in [5, 5.41) is 2.77. The van der Waals surface area contributed by atoms with Crippen molar-refractivity contribution < 1.29 is 4.79 Å². The van der Waals surface area contributed by atoms with Gasteiger partial charge in [0.05, 0.1) is 5.69 Å². The molecule has 19 heavy (non-hydrogen) atoms. The quantitative estimate of drug-likeness (QED) is 0.932. The second kappa shape index (κ2) is 5.11. The summed E-state index contributed by atoms with van der Waals surface area (Å²) in [7, 11) is 0. The van der Waals surface area contributed by atoms with Gasteiger partial charge in [0.25, 0.3) is 0 Å². The Hall–Kier alpha value is -1.72. The van der Waals surface area contributed by atoms with Crippen LogP contribution in [0.25, 0.3) is 11.3 Å². The van der Waals surface area contributed by atoms with Crippen LogP contribution in [0, 0.1) is 5.92 Å². The highest BCUT2D eigenvalue weighted by molar-refractivity contribution is 7.14. The van der Waals surface area contributed by atoms with Gasteiger partial charge in [-0.2, -0.15) is 0 Å². The first kappa shape index (κ1) is 12.3. The van der Waals surface area contributed by atoms with Gasteiger partial charge in [0.1, 0.15) is 0 Å². The predicted molar refractivity (Wildman–Crippen MR) is 77.1 cm³/mol. The molecule has 4 nitrogen and oxygen atoms in total. The van der Waals surface area contributed by atoms with E-state index < -0.39 is 0 Å². The largest absolute Gasteiger partial charge is 0.330 e. The summed E-state index contributed by atoms with van der Waals surface area (Å²) in [6, 6.07) is 9.99. The lowest BCUT2D eigenvalue weighted by atomic mass is 10.1. The molecule has 1 saturated heterocycles. The van der Waals surface area contributed by atoms with Crippen LogP contribution in [0.15, 0.2) is 35.7 Å². The standard InChI is InChI=1S/C14H15N3OS/c15-7-10-6-13(18)17(8-10)14-16-12(9-19-14)11-4-2-1-3-5-11/h1-5,9-10H,6-8,15H2. The number of nitrogens with zero attached hydrogens (tertiary/aromatic N) is 2. The molecule has 2 heterocycles. The van der Waals surface area contributed by atoms with Crippen molar-refractivity contribution in [1.82, 2.24) is 4.98 Å². The summed E-state index contributed by atoms with van der Waals surface area (Å²) < 4.78 is 0. The Morgan fingerprint density at radius 3 is 2.84 bits per heavy atom. The SMILES string of the molecule is NCC1CC(=O)N(c2nc(-c3ccccc3)cs2)C1. The van der Waals surface area contributed by atoms with Gasteiger partial charge >= 0.3 is 0 Å². The number of hydrogen-bond acceptors (Lipinski definition) is 4. The van der Waals surface area contributed by atoms with E-state index in [1.54, 1.807) is 4.90 Å². The highest BCUT2D eigenvalue weighted by Crippen LogP contribution is 2.31. The monoisotopic (exact) mass is 273 g/mol. The maximum Gasteiger partial charge on any atom is 0.229 e. The molecule has 1 aliphatic rings. The molecule has 0 bridgehead atoms. The number of nitrogens with two attached hydrogens (primary N) is 1. The molecule has 1 aromatic carbocycles. The molecule has 1 amide bonds. The second-order valence-electron chi connectivity index (χ2n) is 4.69.